The molecule has 6 nitrogen and oxygen atoms in total. The van der Waals surface area contributed by atoms with Crippen molar-refractivity contribution in [2.75, 3.05) is 0 Å². The first-order valence-corrected chi connectivity index (χ1v) is 24.6. The first-order chi connectivity index (χ1) is 33.8. The van der Waals surface area contributed by atoms with E-state index in [1.807, 2.05) is 6.07 Å². The van der Waals surface area contributed by atoms with Crippen molar-refractivity contribution in [3.05, 3.63) is 238 Å². The lowest BCUT2D eigenvalue weighted by molar-refractivity contribution is -0.00868. The molecule has 13 rings (SSSR count). The molecule has 2 unspecified atom stereocenters. The molecular weight excluding hydrogens is 862 g/mol. The van der Waals surface area contributed by atoms with Crippen LogP contribution in [0.15, 0.2) is 188 Å². The Hall–Kier alpha value is -6.67. The van der Waals surface area contributed by atoms with Gasteiger partial charge in [-0.3, -0.25) is 0 Å². The van der Waals surface area contributed by atoms with Crippen molar-refractivity contribution in [1.82, 2.24) is 0 Å². The molecule has 8 heteroatoms. The van der Waals surface area contributed by atoms with Gasteiger partial charge in [-0.15, -0.1) is 0 Å². The molecule has 2 fully saturated rings. The van der Waals surface area contributed by atoms with Crippen LogP contribution in [-0.2, 0) is 35.9 Å². The van der Waals surface area contributed by atoms with Crippen LogP contribution < -0.4 is 20.4 Å². The third kappa shape index (κ3) is 5.85. The molecular formula is C62H54B2O6. The summed E-state index contributed by atoms with van der Waals surface area (Å²) in [5.74, 6) is 3.15. The molecule has 5 aliphatic rings. The second-order valence-electron chi connectivity index (χ2n) is 21.3. The predicted molar refractivity (Wildman–Crippen MR) is 278 cm³/mol. The monoisotopic (exact) mass is 916 g/mol. The molecule has 344 valence electrons. The maximum atomic E-state index is 7.44. The third-order valence-corrected chi connectivity index (χ3v) is 16.8. The minimum atomic E-state index is -0.780. The van der Waals surface area contributed by atoms with Crippen molar-refractivity contribution in [2.24, 2.45) is 0 Å². The maximum Gasteiger partial charge on any atom is 0.498 e. The lowest BCUT2D eigenvalue weighted by atomic mass is 9.62. The summed E-state index contributed by atoms with van der Waals surface area (Å²) < 4.78 is 42.2. The average molecular weight is 917 g/mol. The van der Waals surface area contributed by atoms with Gasteiger partial charge in [-0.05, 0) is 99.5 Å². The predicted octanol–water partition coefficient (Wildman–Crippen LogP) is 12.5. The number of hydrogen-bond donors (Lipinski definition) is 0. The van der Waals surface area contributed by atoms with E-state index in [2.05, 4.69) is 230 Å². The summed E-state index contributed by atoms with van der Waals surface area (Å²) in [6.45, 7) is 14.9. The first-order valence-electron chi connectivity index (χ1n) is 24.6. The zero-order valence-corrected chi connectivity index (χ0v) is 40.7. The Morgan fingerprint density at radius 2 is 0.786 bits per heavy atom. The lowest BCUT2D eigenvalue weighted by Crippen LogP contribution is -2.46. The molecule has 0 saturated carbocycles. The van der Waals surface area contributed by atoms with E-state index in [1.165, 1.54) is 27.8 Å². The highest BCUT2D eigenvalue weighted by Crippen LogP contribution is 2.63. The average Bonchev–Trinajstić information content (AvgIpc) is 3.89. The van der Waals surface area contributed by atoms with Crippen molar-refractivity contribution >= 4 is 25.2 Å². The van der Waals surface area contributed by atoms with E-state index < -0.39 is 47.5 Å². The molecule has 4 aliphatic heterocycles. The smallest absolute Gasteiger partial charge is 0.457 e. The van der Waals surface area contributed by atoms with E-state index in [1.54, 1.807) is 0 Å². The van der Waals surface area contributed by atoms with Crippen LogP contribution in [0, 0.1) is 0 Å². The second-order valence-corrected chi connectivity index (χ2v) is 21.3. The number of hydrogen-bond acceptors (Lipinski definition) is 6. The molecule has 0 amide bonds. The number of fused-ring (bicyclic) bond motifs is 11. The van der Waals surface area contributed by atoms with Crippen molar-refractivity contribution in [1.29, 1.82) is 0 Å². The summed E-state index contributed by atoms with van der Waals surface area (Å²) in [5, 5.41) is 0. The zero-order chi connectivity index (χ0) is 47.8. The van der Waals surface area contributed by atoms with E-state index in [9.17, 15) is 0 Å². The van der Waals surface area contributed by atoms with E-state index in [0.717, 1.165) is 67.3 Å². The minimum Gasteiger partial charge on any atom is -0.457 e. The van der Waals surface area contributed by atoms with Gasteiger partial charge in [-0.1, -0.05) is 176 Å². The quantitative estimate of drug-likeness (QED) is 0.155. The Balaban J connectivity index is 0.940. The van der Waals surface area contributed by atoms with Gasteiger partial charge in [0.2, 0.25) is 0 Å². The Kier molecular flexibility index (Phi) is 9.39. The maximum absolute atomic E-state index is 7.44. The largest absolute Gasteiger partial charge is 0.498 e. The van der Waals surface area contributed by atoms with Crippen LogP contribution in [-0.4, -0.2) is 36.6 Å². The lowest BCUT2D eigenvalue weighted by Gasteiger charge is -2.42. The van der Waals surface area contributed by atoms with Crippen LogP contribution in [0.1, 0.15) is 98.5 Å². The highest BCUT2D eigenvalue weighted by atomic mass is 16.7. The van der Waals surface area contributed by atoms with Gasteiger partial charge in [0.1, 0.15) is 23.0 Å². The van der Waals surface area contributed by atoms with Gasteiger partial charge in [0.15, 0.2) is 0 Å². The second kappa shape index (κ2) is 15.2. The van der Waals surface area contributed by atoms with E-state index in [-0.39, 0.29) is 0 Å². The zero-order valence-electron chi connectivity index (χ0n) is 40.7. The molecule has 0 bridgehead atoms. The SMILES string of the molecule is CC1(C)OB(c2cccc3c2Oc2ccccc2C32c3ccccc3-c3c(CC4(C)OB(c5cccc6c5Oc5ccccc5C6(c5ccccc5)c5ccccc5)OC4(C)C)cccc32)OC1(C)C. The van der Waals surface area contributed by atoms with Gasteiger partial charge in [-0.25, -0.2) is 0 Å². The van der Waals surface area contributed by atoms with Crippen molar-refractivity contribution in [2.45, 2.75) is 88.1 Å². The Labute approximate surface area is 411 Å². The molecule has 4 heterocycles. The summed E-state index contributed by atoms with van der Waals surface area (Å²) in [6.07, 6.45) is 0.583. The number of para-hydroxylation sites is 4. The topological polar surface area (TPSA) is 55.4 Å². The van der Waals surface area contributed by atoms with Crippen LogP contribution in [0.4, 0.5) is 0 Å². The summed E-state index contributed by atoms with van der Waals surface area (Å²) in [7, 11) is -1.33. The third-order valence-electron chi connectivity index (χ3n) is 16.8. The summed E-state index contributed by atoms with van der Waals surface area (Å²) in [4.78, 5) is 0. The Bertz CT molecular complexity index is 3350. The molecule has 1 aliphatic carbocycles. The van der Waals surface area contributed by atoms with Crippen molar-refractivity contribution in [3.8, 4) is 34.1 Å². The van der Waals surface area contributed by atoms with Crippen molar-refractivity contribution < 1.29 is 28.1 Å². The van der Waals surface area contributed by atoms with Crippen LogP contribution in [0.3, 0.4) is 0 Å². The molecule has 0 aromatic heterocycles. The van der Waals surface area contributed by atoms with Crippen molar-refractivity contribution in [3.63, 3.8) is 0 Å². The molecule has 2 saturated heterocycles. The number of rotatable bonds is 6. The standard InChI is InChI=1S/C62H54B2O6/c1-57(2)58(3,4)68-63(67-57)50-35-22-34-49-56(50)66-53-38-19-17-31-46(53)62(49)44-29-15-14-28-43(44)54-40(23-20-32-47(54)62)39-60(7)59(5,6)69-64(70-60)51-36-21-33-48-55(51)65-52-37-18-16-30-45(52)61(48,41-24-10-8-11-25-41)42-26-12-9-13-27-42/h8-38H,39H2,1-7H3. The van der Waals surface area contributed by atoms with Gasteiger partial charge in [0.05, 0.1) is 33.2 Å². The van der Waals surface area contributed by atoms with Crippen LogP contribution in [0.5, 0.6) is 23.0 Å². The normalized spacial score (nSPS) is 22.2. The molecule has 0 radical (unpaired) electrons. The first kappa shape index (κ1) is 43.4. The van der Waals surface area contributed by atoms with Crippen LogP contribution >= 0.6 is 0 Å². The Morgan fingerprint density at radius 3 is 1.37 bits per heavy atom. The minimum absolute atomic E-state index is 0.520. The molecule has 8 aromatic rings. The van der Waals surface area contributed by atoms with Crippen LogP contribution in [0.25, 0.3) is 11.1 Å². The number of benzene rings is 8. The molecule has 1 spiro atoms. The van der Waals surface area contributed by atoms with E-state index >= 15 is 0 Å². The fraction of sp³-hybridized carbons (Fsp3) is 0.226. The molecule has 0 N–H and O–H groups in total. The summed E-state index contributed by atoms with van der Waals surface area (Å²) >= 11 is 0. The highest BCUT2D eigenvalue weighted by Gasteiger charge is 2.59. The molecule has 8 aromatic carbocycles. The van der Waals surface area contributed by atoms with Gasteiger partial charge in [-0.2, -0.15) is 0 Å². The summed E-state index contributed by atoms with van der Waals surface area (Å²) in [6, 6.07) is 67.1. The van der Waals surface area contributed by atoms with Gasteiger partial charge in [0.25, 0.3) is 0 Å². The fourth-order valence-corrected chi connectivity index (χ4v) is 12.3. The Morgan fingerprint density at radius 1 is 0.357 bits per heavy atom. The highest BCUT2D eigenvalue weighted by molar-refractivity contribution is 6.63. The van der Waals surface area contributed by atoms with Crippen LogP contribution in [0.2, 0.25) is 0 Å². The molecule has 2 atom stereocenters. The summed E-state index contributed by atoms with van der Waals surface area (Å²) in [5.41, 5.74) is 10.4. The number of ether oxygens (including phenoxy) is 2. The van der Waals surface area contributed by atoms with Gasteiger partial charge in [0, 0.05) is 39.6 Å². The van der Waals surface area contributed by atoms with E-state index in [4.69, 9.17) is 28.1 Å². The fourth-order valence-electron chi connectivity index (χ4n) is 12.3. The van der Waals surface area contributed by atoms with Gasteiger partial charge >= 0.3 is 14.2 Å². The molecule has 70 heavy (non-hydrogen) atoms. The van der Waals surface area contributed by atoms with Gasteiger partial charge < -0.3 is 28.1 Å². The van der Waals surface area contributed by atoms with E-state index in [0.29, 0.717) is 6.42 Å².